The van der Waals surface area contributed by atoms with Gasteiger partial charge in [0, 0.05) is 0 Å². The highest BCUT2D eigenvalue weighted by atomic mass is 32.3. The molecular weight excluding hydrogens is 152 g/mol. The van der Waals surface area contributed by atoms with Crippen LogP contribution in [0, 0.1) is 11.8 Å². The van der Waals surface area contributed by atoms with Crippen LogP contribution in [0.3, 0.4) is 0 Å². The molecule has 0 bridgehead atoms. The van der Waals surface area contributed by atoms with E-state index >= 15 is 0 Å². The summed E-state index contributed by atoms with van der Waals surface area (Å²) in [7, 11) is -0.278. The van der Waals surface area contributed by atoms with Crippen molar-refractivity contribution in [2.45, 2.75) is 27.2 Å². The molecule has 0 spiro atoms. The lowest BCUT2D eigenvalue weighted by atomic mass is 9.96. The smallest absolute Gasteiger partial charge is 0.0207 e. The van der Waals surface area contributed by atoms with Gasteiger partial charge in [-0.15, -0.1) is 0 Å². The average Bonchev–Trinajstić information content (AvgIpc) is 1.82. The summed E-state index contributed by atoms with van der Waals surface area (Å²) in [4.78, 5) is 0. The third kappa shape index (κ3) is 5.60. The molecule has 0 rings (SSSR count). The van der Waals surface area contributed by atoms with Crippen LogP contribution >= 0.6 is 10.0 Å². The number of hydrogen-bond donors (Lipinski definition) is 0. The first-order valence-corrected chi connectivity index (χ1v) is 7.55. The van der Waals surface area contributed by atoms with Crippen molar-refractivity contribution in [3.05, 3.63) is 0 Å². The summed E-state index contributed by atoms with van der Waals surface area (Å²) >= 11 is 0. The van der Waals surface area contributed by atoms with Crippen molar-refractivity contribution in [2.24, 2.45) is 11.8 Å². The molecule has 0 aliphatic rings. The molecule has 0 aromatic heterocycles. The minimum atomic E-state index is -0.278. The number of hydrogen-bond acceptors (Lipinski definition) is 0. The molecule has 0 amide bonds. The normalized spacial score (nSPS) is 19.5. The lowest BCUT2D eigenvalue weighted by Crippen LogP contribution is -2.15. The Kier molecular flexibility index (Phi) is 4.53. The maximum absolute atomic E-state index is 2.41. The van der Waals surface area contributed by atoms with Gasteiger partial charge in [-0.1, -0.05) is 27.2 Å². The molecule has 0 nitrogen and oxygen atoms in total. The minimum absolute atomic E-state index is 0.278. The van der Waals surface area contributed by atoms with Crippen LogP contribution in [0.2, 0.25) is 0 Å². The highest BCUT2D eigenvalue weighted by Gasteiger charge is 2.15. The molecule has 0 aliphatic heterocycles. The van der Waals surface area contributed by atoms with Crippen LogP contribution in [0.1, 0.15) is 27.2 Å². The summed E-state index contributed by atoms with van der Waals surface area (Å²) in [6, 6.07) is 0. The van der Waals surface area contributed by atoms with Gasteiger partial charge in [0.15, 0.2) is 0 Å². The predicted octanol–water partition coefficient (Wildman–Crippen LogP) is 3.36. The van der Waals surface area contributed by atoms with E-state index in [0.29, 0.717) is 0 Å². The topological polar surface area (TPSA) is 0 Å². The first-order chi connectivity index (χ1) is 4.87. The molecule has 2 atom stereocenters. The van der Waals surface area contributed by atoms with Crippen LogP contribution in [0.5, 0.6) is 0 Å². The van der Waals surface area contributed by atoms with E-state index in [0.717, 1.165) is 11.8 Å². The van der Waals surface area contributed by atoms with E-state index in [1.165, 1.54) is 12.2 Å². The fourth-order valence-electron chi connectivity index (χ4n) is 1.36. The Labute approximate surface area is 74.1 Å². The zero-order valence-corrected chi connectivity index (χ0v) is 9.79. The van der Waals surface area contributed by atoms with Gasteiger partial charge in [-0.05, 0) is 36.4 Å². The van der Waals surface area contributed by atoms with Gasteiger partial charge in [0.1, 0.15) is 0 Å². The van der Waals surface area contributed by atoms with E-state index in [4.69, 9.17) is 0 Å². The lowest BCUT2D eigenvalue weighted by Gasteiger charge is -2.31. The Morgan fingerprint density at radius 2 is 1.45 bits per heavy atom. The third-order valence-corrected chi connectivity index (χ3v) is 3.90. The standard InChI is InChI=1S/C10H24S/c1-7-9(2)10(3)8-11(4,5)6/h9-10H,7-8H2,1-6H3. The highest BCUT2D eigenvalue weighted by molar-refractivity contribution is 8.32. The van der Waals surface area contributed by atoms with Crippen molar-refractivity contribution < 1.29 is 0 Å². The molecule has 0 saturated heterocycles. The van der Waals surface area contributed by atoms with Gasteiger partial charge in [0.2, 0.25) is 0 Å². The van der Waals surface area contributed by atoms with Crippen LogP contribution < -0.4 is 0 Å². The monoisotopic (exact) mass is 176 g/mol. The highest BCUT2D eigenvalue weighted by Crippen LogP contribution is 2.38. The van der Waals surface area contributed by atoms with E-state index in [1.807, 2.05) is 0 Å². The Balaban J connectivity index is 3.77. The zero-order chi connectivity index (χ0) is 9.07. The van der Waals surface area contributed by atoms with Crippen LogP contribution in [0.15, 0.2) is 0 Å². The van der Waals surface area contributed by atoms with E-state index in [1.54, 1.807) is 0 Å². The van der Waals surface area contributed by atoms with Gasteiger partial charge in [0.05, 0.1) is 0 Å². The summed E-state index contributed by atoms with van der Waals surface area (Å²) in [5, 5.41) is 0. The van der Waals surface area contributed by atoms with Crippen LogP contribution in [0.4, 0.5) is 0 Å². The van der Waals surface area contributed by atoms with Crippen molar-refractivity contribution >= 4 is 10.0 Å². The molecule has 0 aromatic rings. The summed E-state index contributed by atoms with van der Waals surface area (Å²) < 4.78 is 0. The van der Waals surface area contributed by atoms with Crippen LogP contribution in [-0.4, -0.2) is 24.5 Å². The van der Waals surface area contributed by atoms with Gasteiger partial charge < -0.3 is 0 Å². The minimum Gasteiger partial charge on any atom is -0.249 e. The molecule has 0 heterocycles. The Morgan fingerprint density at radius 1 is 1.00 bits per heavy atom. The van der Waals surface area contributed by atoms with Gasteiger partial charge in [0.25, 0.3) is 0 Å². The van der Waals surface area contributed by atoms with Gasteiger partial charge >= 0.3 is 0 Å². The molecule has 11 heavy (non-hydrogen) atoms. The fourth-order valence-corrected chi connectivity index (χ4v) is 3.26. The van der Waals surface area contributed by atoms with E-state index in [2.05, 4.69) is 39.5 Å². The first-order valence-electron chi connectivity index (χ1n) is 4.53. The molecule has 70 valence electrons. The SMILES string of the molecule is CCC(C)C(C)CS(C)(C)C. The average molecular weight is 176 g/mol. The van der Waals surface area contributed by atoms with Crippen molar-refractivity contribution in [1.29, 1.82) is 0 Å². The van der Waals surface area contributed by atoms with Crippen molar-refractivity contribution in [3.63, 3.8) is 0 Å². The van der Waals surface area contributed by atoms with Gasteiger partial charge in [-0.2, -0.15) is 0 Å². The molecule has 0 aromatic carbocycles. The summed E-state index contributed by atoms with van der Waals surface area (Å²) in [5.41, 5.74) is 0. The third-order valence-electron chi connectivity index (χ3n) is 2.38. The molecule has 0 fully saturated rings. The van der Waals surface area contributed by atoms with E-state index in [-0.39, 0.29) is 10.0 Å². The maximum Gasteiger partial charge on any atom is -0.0207 e. The molecule has 0 radical (unpaired) electrons. The first kappa shape index (κ1) is 11.4. The second kappa shape index (κ2) is 4.39. The number of rotatable bonds is 4. The van der Waals surface area contributed by atoms with Crippen molar-refractivity contribution in [1.82, 2.24) is 0 Å². The molecular formula is C10H24S. The second-order valence-corrected chi connectivity index (χ2v) is 9.14. The second-order valence-electron chi connectivity index (χ2n) is 4.62. The summed E-state index contributed by atoms with van der Waals surface area (Å²) in [5.74, 6) is 3.25. The Morgan fingerprint density at radius 3 is 1.73 bits per heavy atom. The largest absolute Gasteiger partial charge is 0.249 e. The summed E-state index contributed by atoms with van der Waals surface area (Å²) in [6.07, 6.45) is 8.56. The quantitative estimate of drug-likeness (QED) is 0.616. The zero-order valence-electron chi connectivity index (χ0n) is 8.98. The molecule has 0 saturated carbocycles. The van der Waals surface area contributed by atoms with Crippen molar-refractivity contribution in [3.8, 4) is 0 Å². The Hall–Kier alpha value is 0.350. The Bertz CT molecular complexity index is 102. The van der Waals surface area contributed by atoms with Crippen LogP contribution in [0.25, 0.3) is 0 Å². The maximum atomic E-state index is 2.41. The molecule has 2 unspecified atom stereocenters. The van der Waals surface area contributed by atoms with Crippen LogP contribution in [-0.2, 0) is 0 Å². The van der Waals surface area contributed by atoms with Gasteiger partial charge in [-0.3, -0.25) is 0 Å². The van der Waals surface area contributed by atoms with E-state index in [9.17, 15) is 0 Å². The predicted molar refractivity (Wildman–Crippen MR) is 58.8 cm³/mol. The molecule has 0 aliphatic carbocycles. The molecule has 1 heteroatoms. The summed E-state index contributed by atoms with van der Waals surface area (Å²) in [6.45, 7) is 7.06. The van der Waals surface area contributed by atoms with Gasteiger partial charge in [-0.25, -0.2) is 10.0 Å². The van der Waals surface area contributed by atoms with E-state index < -0.39 is 0 Å². The van der Waals surface area contributed by atoms with Crippen molar-refractivity contribution in [2.75, 3.05) is 24.5 Å². The lowest BCUT2D eigenvalue weighted by molar-refractivity contribution is 0.413. The fraction of sp³-hybridized carbons (Fsp3) is 1.00. The molecule has 0 N–H and O–H groups in total.